The van der Waals surface area contributed by atoms with Crippen molar-refractivity contribution < 1.29 is 14.3 Å². The first kappa shape index (κ1) is 14.3. The van der Waals surface area contributed by atoms with Gasteiger partial charge in [0.25, 0.3) is 5.91 Å². The molecule has 0 radical (unpaired) electrons. The third-order valence-corrected chi connectivity index (χ3v) is 3.15. The van der Waals surface area contributed by atoms with Crippen LogP contribution >= 0.6 is 11.6 Å². The van der Waals surface area contributed by atoms with Crippen LogP contribution in [0.15, 0.2) is 36.4 Å². The lowest BCUT2D eigenvalue weighted by Crippen LogP contribution is -2.23. The molecule has 0 atom stereocenters. The molecule has 1 amide bonds. The Kier molecular flexibility index (Phi) is 4.25. The molecule has 20 heavy (non-hydrogen) atoms. The van der Waals surface area contributed by atoms with Crippen LogP contribution in [-0.2, 0) is 0 Å². The van der Waals surface area contributed by atoms with Gasteiger partial charge in [0, 0.05) is 6.54 Å². The number of amides is 1. The lowest BCUT2D eigenvalue weighted by Gasteiger charge is -2.07. The summed E-state index contributed by atoms with van der Waals surface area (Å²) in [5, 5.41) is 12.3. The lowest BCUT2D eigenvalue weighted by molar-refractivity contribution is 0.0952. The van der Waals surface area contributed by atoms with Crippen molar-refractivity contribution in [2.24, 2.45) is 0 Å². The summed E-state index contributed by atoms with van der Waals surface area (Å²) >= 11 is 5.72. The van der Waals surface area contributed by atoms with E-state index in [0.717, 1.165) is 0 Å². The number of carbonyl (C=O) groups excluding carboxylic acids is 1. The number of halogens is 2. The monoisotopic (exact) mass is 293 g/mol. The van der Waals surface area contributed by atoms with Gasteiger partial charge in [0.15, 0.2) is 0 Å². The molecule has 0 aliphatic heterocycles. The second-order valence-electron chi connectivity index (χ2n) is 4.22. The third kappa shape index (κ3) is 2.91. The van der Waals surface area contributed by atoms with Crippen LogP contribution in [0.4, 0.5) is 4.39 Å². The Labute approximate surface area is 121 Å². The molecule has 0 aromatic heterocycles. The number of hydrogen-bond donors (Lipinski definition) is 2. The molecule has 0 aliphatic carbocycles. The van der Waals surface area contributed by atoms with Gasteiger partial charge in [-0.05, 0) is 42.3 Å². The first-order valence-electron chi connectivity index (χ1n) is 6.09. The maximum absolute atomic E-state index is 13.9. The van der Waals surface area contributed by atoms with Crippen LogP contribution in [0.25, 0.3) is 11.1 Å². The second-order valence-corrected chi connectivity index (χ2v) is 4.63. The van der Waals surface area contributed by atoms with Gasteiger partial charge in [-0.2, -0.15) is 0 Å². The van der Waals surface area contributed by atoms with Gasteiger partial charge < -0.3 is 10.4 Å². The van der Waals surface area contributed by atoms with E-state index in [4.69, 9.17) is 11.6 Å². The Morgan fingerprint density at radius 1 is 1.25 bits per heavy atom. The van der Waals surface area contributed by atoms with Crippen molar-refractivity contribution in [2.75, 3.05) is 6.54 Å². The molecular weight excluding hydrogens is 281 g/mol. The van der Waals surface area contributed by atoms with E-state index in [1.54, 1.807) is 19.1 Å². The van der Waals surface area contributed by atoms with Gasteiger partial charge in [-0.15, -0.1) is 0 Å². The van der Waals surface area contributed by atoms with Crippen molar-refractivity contribution >= 4 is 17.5 Å². The number of aromatic hydroxyl groups is 1. The van der Waals surface area contributed by atoms with Crippen LogP contribution in [0.1, 0.15) is 17.3 Å². The Morgan fingerprint density at radius 2 is 1.90 bits per heavy atom. The fourth-order valence-corrected chi connectivity index (χ4v) is 1.94. The third-order valence-electron chi connectivity index (χ3n) is 2.83. The lowest BCUT2D eigenvalue weighted by atomic mass is 10.0. The molecule has 2 rings (SSSR count). The smallest absolute Gasteiger partial charge is 0.254 e. The number of phenolic OH excluding ortho intramolecular Hbond substituents is 1. The highest BCUT2D eigenvalue weighted by Crippen LogP contribution is 2.30. The standard InChI is InChI=1S/C15H13ClFNO2/c1-2-18-15(20)11-5-3-9(7-13(11)17)10-4-6-12(16)14(19)8-10/h3-8,19H,2H2,1H3,(H,18,20). The molecule has 0 heterocycles. The molecular formula is C15H13ClFNO2. The van der Waals surface area contributed by atoms with Crippen molar-refractivity contribution in [3.8, 4) is 16.9 Å². The van der Waals surface area contributed by atoms with E-state index >= 15 is 0 Å². The molecule has 0 unspecified atom stereocenters. The highest BCUT2D eigenvalue weighted by molar-refractivity contribution is 6.32. The topological polar surface area (TPSA) is 49.3 Å². The zero-order chi connectivity index (χ0) is 14.7. The minimum absolute atomic E-state index is 0.00575. The second kappa shape index (κ2) is 5.92. The summed E-state index contributed by atoms with van der Waals surface area (Å²) in [6.45, 7) is 2.20. The van der Waals surface area contributed by atoms with Gasteiger partial charge in [0.2, 0.25) is 0 Å². The van der Waals surface area contributed by atoms with Crippen LogP contribution in [0.2, 0.25) is 5.02 Å². The number of hydrogen-bond acceptors (Lipinski definition) is 2. The van der Waals surface area contributed by atoms with Crippen molar-refractivity contribution in [2.45, 2.75) is 6.92 Å². The van der Waals surface area contributed by atoms with E-state index in [2.05, 4.69) is 5.32 Å². The molecule has 2 aromatic carbocycles. The van der Waals surface area contributed by atoms with Gasteiger partial charge in [0.05, 0.1) is 10.6 Å². The average Bonchev–Trinajstić information content (AvgIpc) is 2.42. The van der Waals surface area contributed by atoms with Crippen molar-refractivity contribution in [3.05, 3.63) is 52.8 Å². The van der Waals surface area contributed by atoms with E-state index in [9.17, 15) is 14.3 Å². The number of phenols is 1. The van der Waals surface area contributed by atoms with Crippen molar-refractivity contribution in [1.82, 2.24) is 5.32 Å². The van der Waals surface area contributed by atoms with Crippen LogP contribution in [-0.4, -0.2) is 17.6 Å². The Morgan fingerprint density at radius 3 is 2.50 bits per heavy atom. The number of rotatable bonds is 3. The summed E-state index contributed by atoms with van der Waals surface area (Å²) in [7, 11) is 0. The predicted octanol–water partition coefficient (Wildman–Crippen LogP) is 3.60. The number of carbonyl (C=O) groups is 1. The summed E-state index contributed by atoms with van der Waals surface area (Å²) in [5.41, 5.74) is 1.17. The molecule has 0 aliphatic rings. The molecule has 2 aromatic rings. The first-order chi connectivity index (χ1) is 9.52. The van der Waals surface area contributed by atoms with E-state index in [1.165, 1.54) is 24.3 Å². The maximum Gasteiger partial charge on any atom is 0.254 e. The largest absolute Gasteiger partial charge is 0.506 e. The molecule has 0 bridgehead atoms. The summed E-state index contributed by atoms with van der Waals surface area (Å²) in [4.78, 5) is 11.6. The SMILES string of the molecule is CCNC(=O)c1ccc(-c2ccc(Cl)c(O)c2)cc1F. The quantitative estimate of drug-likeness (QED) is 0.908. The predicted molar refractivity (Wildman–Crippen MR) is 76.5 cm³/mol. The average molecular weight is 294 g/mol. The van der Waals surface area contributed by atoms with Crippen LogP contribution < -0.4 is 5.32 Å². The van der Waals surface area contributed by atoms with Gasteiger partial charge in [-0.25, -0.2) is 4.39 Å². The maximum atomic E-state index is 13.9. The van der Waals surface area contributed by atoms with E-state index < -0.39 is 11.7 Å². The highest BCUT2D eigenvalue weighted by atomic mass is 35.5. The highest BCUT2D eigenvalue weighted by Gasteiger charge is 2.12. The fourth-order valence-electron chi connectivity index (χ4n) is 1.83. The van der Waals surface area contributed by atoms with Crippen molar-refractivity contribution in [1.29, 1.82) is 0 Å². The molecule has 5 heteroatoms. The Bertz CT molecular complexity index is 658. The summed E-state index contributed by atoms with van der Waals surface area (Å²) in [6, 6.07) is 8.94. The first-order valence-corrected chi connectivity index (χ1v) is 6.47. The van der Waals surface area contributed by atoms with Gasteiger partial charge in [0.1, 0.15) is 11.6 Å². The summed E-state index contributed by atoms with van der Waals surface area (Å²) in [6.07, 6.45) is 0. The number of nitrogens with one attached hydrogen (secondary N) is 1. The molecule has 3 nitrogen and oxygen atoms in total. The zero-order valence-corrected chi connectivity index (χ0v) is 11.5. The minimum atomic E-state index is -0.608. The molecule has 0 saturated carbocycles. The zero-order valence-electron chi connectivity index (χ0n) is 10.8. The van der Waals surface area contributed by atoms with Crippen LogP contribution in [0, 0.1) is 5.82 Å². The Hall–Kier alpha value is -2.07. The van der Waals surface area contributed by atoms with Crippen LogP contribution in [0.5, 0.6) is 5.75 Å². The van der Waals surface area contributed by atoms with Gasteiger partial charge in [-0.1, -0.05) is 23.7 Å². The fraction of sp³-hybridized carbons (Fsp3) is 0.133. The molecule has 104 valence electrons. The van der Waals surface area contributed by atoms with Crippen LogP contribution in [0.3, 0.4) is 0 Å². The number of benzene rings is 2. The van der Waals surface area contributed by atoms with E-state index in [1.807, 2.05) is 0 Å². The molecule has 0 saturated heterocycles. The van der Waals surface area contributed by atoms with Gasteiger partial charge in [-0.3, -0.25) is 4.79 Å². The minimum Gasteiger partial charge on any atom is -0.506 e. The van der Waals surface area contributed by atoms with E-state index in [-0.39, 0.29) is 16.3 Å². The molecule has 0 fully saturated rings. The molecule has 0 spiro atoms. The van der Waals surface area contributed by atoms with E-state index in [0.29, 0.717) is 17.7 Å². The van der Waals surface area contributed by atoms with Crippen molar-refractivity contribution in [3.63, 3.8) is 0 Å². The normalized spacial score (nSPS) is 10.3. The Balaban J connectivity index is 2.37. The summed E-state index contributed by atoms with van der Waals surface area (Å²) < 4.78 is 13.9. The molecule has 2 N–H and O–H groups in total. The summed E-state index contributed by atoms with van der Waals surface area (Å²) in [5.74, 6) is -1.13. The van der Waals surface area contributed by atoms with Gasteiger partial charge >= 0.3 is 0 Å².